The predicted octanol–water partition coefficient (Wildman–Crippen LogP) is 0.921. The van der Waals surface area contributed by atoms with E-state index < -0.39 is 5.97 Å². The van der Waals surface area contributed by atoms with Gasteiger partial charge in [0.05, 0.1) is 0 Å². The van der Waals surface area contributed by atoms with Gasteiger partial charge < -0.3 is 5.11 Å². The molecule has 0 aliphatic rings. The van der Waals surface area contributed by atoms with Crippen molar-refractivity contribution in [3.63, 3.8) is 0 Å². The van der Waals surface area contributed by atoms with E-state index >= 15 is 0 Å². The van der Waals surface area contributed by atoms with Crippen molar-refractivity contribution in [1.29, 1.82) is 0 Å². The molecule has 0 fully saturated rings. The summed E-state index contributed by atoms with van der Waals surface area (Å²) in [6, 6.07) is 1.52. The number of carboxylic acids is 1. The van der Waals surface area contributed by atoms with E-state index in [1.807, 2.05) is 20.2 Å². The van der Waals surface area contributed by atoms with Gasteiger partial charge in [-0.2, -0.15) is 10.2 Å². The molecule has 1 N–H and O–H groups in total. The summed E-state index contributed by atoms with van der Waals surface area (Å²) in [5, 5.41) is 17.1. The second-order valence-electron chi connectivity index (χ2n) is 3.70. The number of hydrogen-bond donors (Lipinski definition) is 1. The third-order valence-electron chi connectivity index (χ3n) is 2.29. The molecule has 0 amide bonds. The van der Waals surface area contributed by atoms with Crippen molar-refractivity contribution in [2.24, 2.45) is 7.05 Å². The SMILES string of the molecule is Cc1cn(C)nc1-n1nc(C(=O)O)cc1C. The normalized spacial score (nSPS) is 10.7. The number of aryl methyl sites for hydroxylation is 3. The molecule has 2 aromatic rings. The van der Waals surface area contributed by atoms with Gasteiger partial charge in [0, 0.05) is 24.5 Å². The van der Waals surface area contributed by atoms with Gasteiger partial charge in [-0.15, -0.1) is 0 Å². The Morgan fingerprint density at radius 3 is 2.50 bits per heavy atom. The summed E-state index contributed by atoms with van der Waals surface area (Å²) in [6.07, 6.45) is 1.86. The zero-order chi connectivity index (χ0) is 11.9. The Labute approximate surface area is 92.1 Å². The topological polar surface area (TPSA) is 72.9 Å². The van der Waals surface area contributed by atoms with E-state index in [-0.39, 0.29) is 5.69 Å². The molecule has 6 nitrogen and oxygen atoms in total. The molecule has 0 unspecified atom stereocenters. The summed E-state index contributed by atoms with van der Waals surface area (Å²) in [4.78, 5) is 10.8. The fourth-order valence-corrected chi connectivity index (χ4v) is 1.60. The van der Waals surface area contributed by atoms with E-state index in [1.54, 1.807) is 16.3 Å². The van der Waals surface area contributed by atoms with Gasteiger partial charge in [-0.25, -0.2) is 9.48 Å². The maximum absolute atomic E-state index is 10.8. The second kappa shape index (κ2) is 3.48. The highest BCUT2D eigenvalue weighted by Crippen LogP contribution is 2.14. The molecule has 2 rings (SSSR count). The molecule has 16 heavy (non-hydrogen) atoms. The summed E-state index contributed by atoms with van der Waals surface area (Å²) >= 11 is 0. The van der Waals surface area contributed by atoms with Gasteiger partial charge in [-0.1, -0.05) is 0 Å². The lowest BCUT2D eigenvalue weighted by Crippen LogP contribution is -2.04. The molecule has 0 radical (unpaired) electrons. The minimum absolute atomic E-state index is 0.0301. The average Bonchev–Trinajstić information content (AvgIpc) is 2.69. The number of rotatable bonds is 2. The van der Waals surface area contributed by atoms with Crippen LogP contribution in [0.15, 0.2) is 12.3 Å². The molecule has 0 spiro atoms. The van der Waals surface area contributed by atoms with Gasteiger partial charge in [0.15, 0.2) is 11.5 Å². The van der Waals surface area contributed by atoms with Crippen LogP contribution < -0.4 is 0 Å². The number of carbonyl (C=O) groups is 1. The molecule has 84 valence electrons. The molecule has 2 aromatic heterocycles. The summed E-state index contributed by atoms with van der Waals surface area (Å²) in [6.45, 7) is 3.71. The third kappa shape index (κ3) is 1.58. The first kappa shape index (κ1) is 10.4. The monoisotopic (exact) mass is 220 g/mol. The number of aromatic carboxylic acids is 1. The van der Waals surface area contributed by atoms with Gasteiger partial charge in [-0.05, 0) is 19.9 Å². The van der Waals surface area contributed by atoms with Gasteiger partial charge in [0.25, 0.3) is 0 Å². The first-order valence-electron chi connectivity index (χ1n) is 4.79. The second-order valence-corrected chi connectivity index (χ2v) is 3.70. The number of aromatic nitrogens is 4. The summed E-state index contributed by atoms with van der Waals surface area (Å²) in [7, 11) is 1.81. The van der Waals surface area contributed by atoms with Crippen molar-refractivity contribution in [3.8, 4) is 5.82 Å². The Morgan fingerprint density at radius 2 is 2.06 bits per heavy atom. The van der Waals surface area contributed by atoms with Crippen molar-refractivity contribution in [1.82, 2.24) is 19.6 Å². The smallest absolute Gasteiger partial charge is 0.356 e. The van der Waals surface area contributed by atoms with Gasteiger partial charge in [0.1, 0.15) is 0 Å². The molecule has 2 heterocycles. The molecule has 0 aliphatic heterocycles. The molecular weight excluding hydrogens is 208 g/mol. The standard InChI is InChI=1S/C10H12N4O2/c1-6-5-13(3)12-9(6)14-7(2)4-8(11-14)10(15)16/h4-5H,1-3H3,(H,15,16). The highest BCUT2D eigenvalue weighted by atomic mass is 16.4. The zero-order valence-electron chi connectivity index (χ0n) is 9.30. The van der Waals surface area contributed by atoms with Crippen molar-refractivity contribution < 1.29 is 9.90 Å². The molecule has 0 saturated heterocycles. The maximum atomic E-state index is 10.8. The highest BCUT2D eigenvalue weighted by molar-refractivity contribution is 5.85. The summed E-state index contributed by atoms with van der Waals surface area (Å²) < 4.78 is 3.21. The molecular formula is C10H12N4O2. The Balaban J connectivity index is 2.56. The first-order valence-corrected chi connectivity index (χ1v) is 4.79. The largest absolute Gasteiger partial charge is 0.476 e. The number of nitrogens with zero attached hydrogens (tertiary/aromatic N) is 4. The molecule has 6 heteroatoms. The Morgan fingerprint density at radius 1 is 1.38 bits per heavy atom. The fourth-order valence-electron chi connectivity index (χ4n) is 1.60. The van der Waals surface area contributed by atoms with Crippen LogP contribution in [0.25, 0.3) is 5.82 Å². The van der Waals surface area contributed by atoms with Crippen LogP contribution >= 0.6 is 0 Å². The van der Waals surface area contributed by atoms with Crippen LogP contribution in [0, 0.1) is 13.8 Å². The van der Waals surface area contributed by atoms with Crippen LogP contribution in [0.4, 0.5) is 0 Å². The lowest BCUT2D eigenvalue weighted by Gasteiger charge is -1.99. The predicted molar refractivity (Wildman–Crippen MR) is 56.8 cm³/mol. The minimum atomic E-state index is -1.03. The Hall–Kier alpha value is -2.11. The van der Waals surface area contributed by atoms with Crippen molar-refractivity contribution in [2.75, 3.05) is 0 Å². The lowest BCUT2D eigenvalue weighted by molar-refractivity contribution is 0.0690. The third-order valence-corrected chi connectivity index (χ3v) is 2.29. The van der Waals surface area contributed by atoms with Crippen LogP contribution in [0.3, 0.4) is 0 Å². The van der Waals surface area contributed by atoms with Gasteiger partial charge >= 0.3 is 5.97 Å². The van der Waals surface area contributed by atoms with E-state index in [2.05, 4.69) is 10.2 Å². The Bertz CT molecular complexity index is 553. The van der Waals surface area contributed by atoms with Crippen LogP contribution in [-0.4, -0.2) is 30.6 Å². The molecule has 0 aliphatic carbocycles. The first-order chi connectivity index (χ1) is 7.49. The van der Waals surface area contributed by atoms with Crippen molar-refractivity contribution in [3.05, 3.63) is 29.2 Å². The highest BCUT2D eigenvalue weighted by Gasteiger charge is 2.14. The van der Waals surface area contributed by atoms with Crippen LogP contribution in [0.1, 0.15) is 21.7 Å². The lowest BCUT2D eigenvalue weighted by atomic mass is 10.3. The Kier molecular flexibility index (Phi) is 2.26. The van der Waals surface area contributed by atoms with Gasteiger partial charge in [0.2, 0.25) is 0 Å². The number of hydrogen-bond acceptors (Lipinski definition) is 3. The van der Waals surface area contributed by atoms with E-state index in [4.69, 9.17) is 5.11 Å². The van der Waals surface area contributed by atoms with Crippen LogP contribution in [0.5, 0.6) is 0 Å². The van der Waals surface area contributed by atoms with Crippen molar-refractivity contribution >= 4 is 5.97 Å². The molecule has 0 bridgehead atoms. The average molecular weight is 220 g/mol. The molecule has 0 aromatic carbocycles. The van der Waals surface area contributed by atoms with Crippen LogP contribution in [-0.2, 0) is 7.05 Å². The fraction of sp³-hybridized carbons (Fsp3) is 0.300. The zero-order valence-corrected chi connectivity index (χ0v) is 9.30. The quantitative estimate of drug-likeness (QED) is 0.816. The molecule has 0 saturated carbocycles. The van der Waals surface area contributed by atoms with E-state index in [0.717, 1.165) is 11.3 Å². The van der Waals surface area contributed by atoms with E-state index in [9.17, 15) is 4.79 Å². The summed E-state index contributed by atoms with van der Waals surface area (Å²) in [5.74, 6) is -0.372. The van der Waals surface area contributed by atoms with E-state index in [0.29, 0.717) is 5.82 Å². The maximum Gasteiger partial charge on any atom is 0.356 e. The van der Waals surface area contributed by atoms with Crippen LogP contribution in [0.2, 0.25) is 0 Å². The van der Waals surface area contributed by atoms with Gasteiger partial charge in [-0.3, -0.25) is 4.68 Å². The summed E-state index contributed by atoms with van der Waals surface area (Å²) in [5.41, 5.74) is 1.73. The van der Waals surface area contributed by atoms with Crippen molar-refractivity contribution in [2.45, 2.75) is 13.8 Å². The number of carboxylic acid groups (broad SMARTS) is 1. The minimum Gasteiger partial charge on any atom is -0.476 e. The van der Waals surface area contributed by atoms with E-state index in [1.165, 1.54) is 6.07 Å². The molecule has 0 atom stereocenters.